The molecule has 0 aliphatic carbocycles. The first-order valence-electron chi connectivity index (χ1n) is 11.5. The lowest BCUT2D eigenvalue weighted by Crippen LogP contribution is -2.38. The number of piperidine rings is 1. The average Bonchev–Trinajstić information content (AvgIpc) is 2.90. The number of aromatic nitrogens is 2. The van der Waals surface area contributed by atoms with E-state index in [1.54, 1.807) is 36.5 Å². The molecule has 1 aliphatic rings. The average molecular weight is 470 g/mol. The highest BCUT2D eigenvalue weighted by Crippen LogP contribution is 2.24. The third-order valence-electron chi connectivity index (χ3n) is 6.16. The van der Waals surface area contributed by atoms with Crippen LogP contribution in [-0.4, -0.2) is 34.9 Å². The maximum absolute atomic E-state index is 13.8. The number of hydrogen-bond donors (Lipinski definition) is 2. The van der Waals surface area contributed by atoms with Crippen LogP contribution in [0.2, 0.25) is 0 Å². The summed E-state index contributed by atoms with van der Waals surface area (Å²) in [5.41, 5.74) is 1.88. The van der Waals surface area contributed by atoms with E-state index in [2.05, 4.69) is 25.5 Å². The molecule has 0 atom stereocenters. The van der Waals surface area contributed by atoms with Crippen molar-refractivity contribution in [2.45, 2.75) is 12.8 Å². The first kappa shape index (κ1) is 22.5. The zero-order valence-corrected chi connectivity index (χ0v) is 18.9. The van der Waals surface area contributed by atoms with Crippen LogP contribution in [0.1, 0.15) is 23.3 Å². The minimum absolute atomic E-state index is 0.164. The molecule has 3 heterocycles. The lowest BCUT2D eigenvalue weighted by molar-refractivity contribution is -0.120. The van der Waals surface area contributed by atoms with Crippen molar-refractivity contribution in [1.82, 2.24) is 9.97 Å². The summed E-state index contributed by atoms with van der Waals surface area (Å²) in [7, 11) is 0. The van der Waals surface area contributed by atoms with E-state index in [1.165, 1.54) is 6.07 Å². The SMILES string of the molecule is O=C(Nc1ccc(N2CCC(C(=O)Nc3ccccc3F)CC2)nc1)c1ccc2ccccc2n1. The lowest BCUT2D eigenvalue weighted by Gasteiger charge is -2.32. The van der Waals surface area contributed by atoms with Crippen LogP contribution in [0, 0.1) is 11.7 Å². The summed E-state index contributed by atoms with van der Waals surface area (Å²) < 4.78 is 13.8. The van der Waals surface area contributed by atoms with Crippen molar-refractivity contribution in [1.29, 1.82) is 0 Å². The first-order valence-corrected chi connectivity index (χ1v) is 11.5. The second-order valence-electron chi connectivity index (χ2n) is 8.48. The number of amides is 2. The molecular formula is C27H24FN5O2. The predicted molar refractivity (Wildman–Crippen MR) is 134 cm³/mol. The van der Waals surface area contributed by atoms with Gasteiger partial charge in [0, 0.05) is 24.4 Å². The van der Waals surface area contributed by atoms with Crippen molar-refractivity contribution in [3.63, 3.8) is 0 Å². The van der Waals surface area contributed by atoms with Crippen molar-refractivity contribution < 1.29 is 14.0 Å². The number of para-hydroxylation sites is 2. The Morgan fingerprint density at radius 3 is 2.43 bits per heavy atom. The summed E-state index contributed by atoms with van der Waals surface area (Å²) in [4.78, 5) is 36.2. The Morgan fingerprint density at radius 2 is 1.66 bits per heavy atom. The van der Waals surface area contributed by atoms with E-state index in [0.29, 0.717) is 37.3 Å². The maximum atomic E-state index is 13.8. The molecule has 0 saturated carbocycles. The molecule has 2 amide bonds. The molecule has 1 aliphatic heterocycles. The molecule has 2 aromatic carbocycles. The Hall–Kier alpha value is -4.33. The van der Waals surface area contributed by atoms with Gasteiger partial charge in [-0.15, -0.1) is 0 Å². The molecular weight excluding hydrogens is 445 g/mol. The van der Waals surface area contributed by atoms with Crippen molar-refractivity contribution in [2.75, 3.05) is 28.6 Å². The molecule has 176 valence electrons. The van der Waals surface area contributed by atoms with E-state index in [9.17, 15) is 14.0 Å². The van der Waals surface area contributed by atoms with Crippen LogP contribution in [0.5, 0.6) is 0 Å². The minimum Gasteiger partial charge on any atom is -0.357 e. The summed E-state index contributed by atoms with van der Waals surface area (Å²) in [5, 5.41) is 6.50. The van der Waals surface area contributed by atoms with Crippen molar-refractivity contribution in [3.8, 4) is 0 Å². The van der Waals surface area contributed by atoms with Crippen LogP contribution in [-0.2, 0) is 4.79 Å². The molecule has 2 N–H and O–H groups in total. The van der Waals surface area contributed by atoms with Gasteiger partial charge in [0.15, 0.2) is 0 Å². The third-order valence-corrected chi connectivity index (χ3v) is 6.16. The molecule has 0 radical (unpaired) electrons. The smallest absolute Gasteiger partial charge is 0.274 e. The highest BCUT2D eigenvalue weighted by Gasteiger charge is 2.26. The zero-order valence-electron chi connectivity index (χ0n) is 18.9. The van der Waals surface area contributed by atoms with Gasteiger partial charge in [0.05, 0.1) is 23.1 Å². The number of halogens is 1. The number of pyridine rings is 2. The highest BCUT2D eigenvalue weighted by molar-refractivity contribution is 6.04. The summed E-state index contributed by atoms with van der Waals surface area (Å²) in [6.45, 7) is 1.32. The zero-order chi connectivity index (χ0) is 24.2. The molecule has 2 aromatic heterocycles. The van der Waals surface area contributed by atoms with Gasteiger partial charge in [-0.3, -0.25) is 9.59 Å². The molecule has 1 saturated heterocycles. The monoisotopic (exact) mass is 469 g/mol. The van der Waals surface area contributed by atoms with Gasteiger partial charge >= 0.3 is 0 Å². The fraction of sp³-hybridized carbons (Fsp3) is 0.185. The Kier molecular flexibility index (Phi) is 6.34. The fourth-order valence-electron chi connectivity index (χ4n) is 4.20. The summed E-state index contributed by atoms with van der Waals surface area (Å²) in [6.07, 6.45) is 2.91. The standard InChI is InChI=1S/C27H24FN5O2/c28-21-6-2-4-8-23(21)32-26(34)19-13-15-33(16-14-19)25-12-10-20(17-29-25)30-27(35)24-11-9-18-5-1-3-7-22(18)31-24/h1-12,17,19H,13-16H2,(H,30,35)(H,32,34). The topological polar surface area (TPSA) is 87.2 Å². The number of nitrogens with one attached hydrogen (secondary N) is 2. The molecule has 4 aromatic rings. The summed E-state index contributed by atoms with van der Waals surface area (Å²) in [6, 6.07) is 21.0. The molecule has 0 spiro atoms. The number of carbonyl (C=O) groups is 2. The van der Waals surface area contributed by atoms with E-state index in [1.807, 2.05) is 36.4 Å². The van der Waals surface area contributed by atoms with Gasteiger partial charge in [-0.2, -0.15) is 0 Å². The second-order valence-corrected chi connectivity index (χ2v) is 8.48. The molecule has 0 bridgehead atoms. The number of fused-ring (bicyclic) bond motifs is 1. The van der Waals surface area contributed by atoms with E-state index in [-0.39, 0.29) is 23.4 Å². The van der Waals surface area contributed by atoms with Crippen LogP contribution in [0.25, 0.3) is 10.9 Å². The van der Waals surface area contributed by atoms with Crippen LogP contribution in [0.3, 0.4) is 0 Å². The number of hydrogen-bond acceptors (Lipinski definition) is 5. The minimum atomic E-state index is -0.439. The van der Waals surface area contributed by atoms with Gasteiger partial charge in [-0.25, -0.2) is 14.4 Å². The van der Waals surface area contributed by atoms with E-state index < -0.39 is 5.82 Å². The van der Waals surface area contributed by atoms with Gasteiger partial charge in [-0.05, 0) is 49.2 Å². The maximum Gasteiger partial charge on any atom is 0.274 e. The number of benzene rings is 2. The van der Waals surface area contributed by atoms with Gasteiger partial charge in [0.2, 0.25) is 5.91 Å². The quantitative estimate of drug-likeness (QED) is 0.435. The molecule has 1 fully saturated rings. The van der Waals surface area contributed by atoms with Gasteiger partial charge in [0.25, 0.3) is 5.91 Å². The van der Waals surface area contributed by atoms with Crippen molar-refractivity contribution in [3.05, 3.63) is 90.5 Å². The van der Waals surface area contributed by atoms with E-state index >= 15 is 0 Å². The predicted octanol–water partition coefficient (Wildman–Crippen LogP) is 4.88. The van der Waals surface area contributed by atoms with Crippen LogP contribution in [0.4, 0.5) is 21.6 Å². The van der Waals surface area contributed by atoms with Crippen molar-refractivity contribution in [2.24, 2.45) is 5.92 Å². The number of nitrogens with zero attached hydrogens (tertiary/aromatic N) is 3. The second kappa shape index (κ2) is 9.89. The van der Waals surface area contributed by atoms with Crippen molar-refractivity contribution >= 4 is 39.9 Å². The Labute approximate surface area is 202 Å². The van der Waals surface area contributed by atoms with Gasteiger partial charge in [0.1, 0.15) is 17.3 Å². The van der Waals surface area contributed by atoms with Crippen LogP contribution >= 0.6 is 0 Å². The molecule has 0 unspecified atom stereocenters. The lowest BCUT2D eigenvalue weighted by atomic mass is 9.95. The molecule has 35 heavy (non-hydrogen) atoms. The largest absolute Gasteiger partial charge is 0.357 e. The van der Waals surface area contributed by atoms with Gasteiger partial charge < -0.3 is 15.5 Å². The Balaban J connectivity index is 1.16. The molecule has 5 rings (SSSR count). The van der Waals surface area contributed by atoms with Crippen LogP contribution in [0.15, 0.2) is 79.0 Å². The first-order chi connectivity index (χ1) is 17.1. The molecule has 8 heteroatoms. The normalized spacial score (nSPS) is 14.0. The summed E-state index contributed by atoms with van der Waals surface area (Å²) >= 11 is 0. The molecule has 7 nitrogen and oxygen atoms in total. The Morgan fingerprint density at radius 1 is 0.886 bits per heavy atom. The fourth-order valence-corrected chi connectivity index (χ4v) is 4.20. The summed E-state index contributed by atoms with van der Waals surface area (Å²) in [5.74, 6) is -0.306. The highest BCUT2D eigenvalue weighted by atomic mass is 19.1. The third kappa shape index (κ3) is 5.11. The van der Waals surface area contributed by atoms with Crippen LogP contribution < -0.4 is 15.5 Å². The number of carbonyl (C=O) groups excluding carboxylic acids is 2. The number of anilines is 3. The van der Waals surface area contributed by atoms with Gasteiger partial charge in [-0.1, -0.05) is 36.4 Å². The number of rotatable bonds is 5. The Bertz CT molecular complexity index is 1370. The van der Waals surface area contributed by atoms with E-state index in [0.717, 1.165) is 16.7 Å². The van der Waals surface area contributed by atoms with E-state index in [4.69, 9.17) is 0 Å².